The van der Waals surface area contributed by atoms with Gasteiger partial charge in [-0.25, -0.2) is 9.97 Å². The fourth-order valence-electron chi connectivity index (χ4n) is 0.972. The molecule has 0 aliphatic heterocycles. The number of anilines is 1. The summed E-state index contributed by atoms with van der Waals surface area (Å²) in [7, 11) is 1.56. The van der Waals surface area contributed by atoms with E-state index in [0.717, 1.165) is 0 Å². The molecule has 0 spiro atoms. The Labute approximate surface area is 102 Å². The van der Waals surface area contributed by atoms with Crippen LogP contribution in [0.4, 0.5) is 5.82 Å². The molecule has 0 fully saturated rings. The Morgan fingerprint density at radius 1 is 1.62 bits per heavy atom. The highest BCUT2D eigenvalue weighted by atomic mass is 79.9. The van der Waals surface area contributed by atoms with Crippen molar-refractivity contribution in [2.45, 2.75) is 12.5 Å². The van der Waals surface area contributed by atoms with Crippen molar-refractivity contribution in [3.05, 3.63) is 17.0 Å². The van der Waals surface area contributed by atoms with Gasteiger partial charge in [-0.15, -0.1) is 0 Å². The lowest BCUT2D eigenvalue weighted by molar-refractivity contribution is -0.117. The number of hydrogen-bond donors (Lipinski definition) is 2. The van der Waals surface area contributed by atoms with Crippen molar-refractivity contribution in [1.82, 2.24) is 9.97 Å². The van der Waals surface area contributed by atoms with Crippen LogP contribution in [-0.4, -0.2) is 35.6 Å². The van der Waals surface area contributed by atoms with Crippen LogP contribution < -0.4 is 11.1 Å². The predicted octanol–water partition coefficient (Wildman–Crippen LogP) is 0.541. The quantitative estimate of drug-likeness (QED) is 0.825. The van der Waals surface area contributed by atoms with Crippen molar-refractivity contribution in [3.63, 3.8) is 0 Å². The second-order valence-corrected chi connectivity index (χ2v) is 3.91. The zero-order chi connectivity index (χ0) is 12.0. The molecule has 0 saturated heterocycles. The highest BCUT2D eigenvalue weighted by Crippen LogP contribution is 2.06. The first-order valence-corrected chi connectivity index (χ1v) is 5.45. The first-order chi connectivity index (χ1) is 7.63. The van der Waals surface area contributed by atoms with E-state index in [-0.39, 0.29) is 5.91 Å². The van der Waals surface area contributed by atoms with Gasteiger partial charge in [-0.1, -0.05) is 0 Å². The van der Waals surface area contributed by atoms with E-state index in [4.69, 9.17) is 10.5 Å². The van der Waals surface area contributed by atoms with Crippen LogP contribution in [0.3, 0.4) is 0 Å². The van der Waals surface area contributed by atoms with Crippen molar-refractivity contribution in [2.24, 2.45) is 5.73 Å². The van der Waals surface area contributed by atoms with Crippen LogP contribution in [0.5, 0.6) is 0 Å². The van der Waals surface area contributed by atoms with Gasteiger partial charge in [-0.05, 0) is 22.4 Å². The van der Waals surface area contributed by atoms with Crippen molar-refractivity contribution >= 4 is 27.7 Å². The smallest absolute Gasteiger partial charge is 0.242 e. The molecule has 3 N–H and O–H groups in total. The zero-order valence-corrected chi connectivity index (χ0v) is 10.4. The Bertz CT molecular complexity index is 344. The molecular weight excluding hydrogens is 276 g/mol. The summed E-state index contributed by atoms with van der Waals surface area (Å²) >= 11 is 3.15. The Morgan fingerprint density at radius 2 is 2.38 bits per heavy atom. The van der Waals surface area contributed by atoms with Gasteiger partial charge < -0.3 is 15.8 Å². The normalized spacial score (nSPS) is 12.2. The minimum Gasteiger partial charge on any atom is -0.385 e. The Hall–Kier alpha value is -1.05. The third kappa shape index (κ3) is 4.21. The van der Waals surface area contributed by atoms with Crippen molar-refractivity contribution in [3.8, 4) is 0 Å². The molecule has 1 aromatic heterocycles. The molecule has 0 aliphatic carbocycles. The Morgan fingerprint density at radius 3 is 2.94 bits per heavy atom. The molecule has 1 aromatic rings. The molecule has 6 nitrogen and oxygen atoms in total. The molecule has 1 amide bonds. The Kier molecular flexibility index (Phi) is 5.30. The maximum Gasteiger partial charge on any atom is 0.242 e. The lowest BCUT2D eigenvalue weighted by Gasteiger charge is -2.10. The van der Waals surface area contributed by atoms with E-state index >= 15 is 0 Å². The maximum atomic E-state index is 11.5. The molecule has 1 atom stereocenters. The predicted molar refractivity (Wildman–Crippen MR) is 62.8 cm³/mol. The van der Waals surface area contributed by atoms with Crippen LogP contribution in [0.15, 0.2) is 17.0 Å². The number of aromatic nitrogens is 2. The summed E-state index contributed by atoms with van der Waals surface area (Å²) < 4.78 is 5.44. The van der Waals surface area contributed by atoms with Gasteiger partial charge in [-0.3, -0.25) is 4.79 Å². The van der Waals surface area contributed by atoms with Gasteiger partial charge in [0.2, 0.25) is 5.91 Å². The molecule has 16 heavy (non-hydrogen) atoms. The summed E-state index contributed by atoms with van der Waals surface area (Å²) in [6.07, 6.45) is 3.41. The number of amides is 1. The summed E-state index contributed by atoms with van der Waals surface area (Å²) in [5.41, 5.74) is 5.63. The maximum absolute atomic E-state index is 11.5. The summed E-state index contributed by atoms with van der Waals surface area (Å²) in [5, 5.41) is 2.56. The molecule has 88 valence electrons. The van der Waals surface area contributed by atoms with Crippen molar-refractivity contribution in [2.75, 3.05) is 19.0 Å². The van der Waals surface area contributed by atoms with Crippen LogP contribution in [0.2, 0.25) is 0 Å². The average Bonchev–Trinajstić information content (AvgIpc) is 2.29. The highest BCUT2D eigenvalue weighted by molar-refractivity contribution is 9.10. The minimum absolute atomic E-state index is 0.298. The van der Waals surface area contributed by atoms with Gasteiger partial charge in [0.1, 0.15) is 4.60 Å². The standard InChI is InChI=1S/C9H13BrN4O2/c1-16-3-2-6(11)9(15)14-8-5-12-7(10)4-13-8/h4-6H,2-3,11H2,1H3,(H,13,14,15). The topological polar surface area (TPSA) is 90.1 Å². The van der Waals surface area contributed by atoms with Crippen molar-refractivity contribution < 1.29 is 9.53 Å². The van der Waals surface area contributed by atoms with Crippen LogP contribution in [0.25, 0.3) is 0 Å². The monoisotopic (exact) mass is 288 g/mol. The molecule has 0 radical (unpaired) electrons. The SMILES string of the molecule is COCCC(N)C(=O)Nc1cnc(Br)cn1. The number of nitrogens with two attached hydrogens (primary N) is 1. The van der Waals surface area contributed by atoms with Crippen LogP contribution in [-0.2, 0) is 9.53 Å². The summed E-state index contributed by atoms with van der Waals surface area (Å²) in [4.78, 5) is 19.4. The molecule has 7 heteroatoms. The van der Waals surface area contributed by atoms with E-state index < -0.39 is 6.04 Å². The minimum atomic E-state index is -0.606. The van der Waals surface area contributed by atoms with Crippen LogP contribution in [0.1, 0.15) is 6.42 Å². The van der Waals surface area contributed by atoms with E-state index in [2.05, 4.69) is 31.2 Å². The number of nitrogens with zero attached hydrogens (tertiary/aromatic N) is 2. The molecule has 0 aliphatic rings. The first kappa shape index (κ1) is 13.0. The number of methoxy groups -OCH3 is 1. The number of rotatable bonds is 5. The molecule has 1 rings (SSSR count). The average molecular weight is 289 g/mol. The molecule has 0 bridgehead atoms. The molecule has 0 aromatic carbocycles. The van der Waals surface area contributed by atoms with E-state index in [1.165, 1.54) is 12.4 Å². The number of nitrogens with one attached hydrogen (secondary N) is 1. The Balaban J connectivity index is 2.47. The lowest BCUT2D eigenvalue weighted by atomic mass is 10.2. The van der Waals surface area contributed by atoms with Gasteiger partial charge in [0, 0.05) is 13.7 Å². The lowest BCUT2D eigenvalue weighted by Crippen LogP contribution is -2.36. The number of halogens is 1. The number of ether oxygens (including phenoxy) is 1. The third-order valence-corrected chi connectivity index (χ3v) is 2.25. The zero-order valence-electron chi connectivity index (χ0n) is 8.81. The summed E-state index contributed by atoms with van der Waals surface area (Å²) in [6, 6.07) is -0.606. The fourth-order valence-corrected chi connectivity index (χ4v) is 1.18. The van der Waals surface area contributed by atoms with Gasteiger partial charge in [0.15, 0.2) is 5.82 Å². The number of carbonyl (C=O) groups excluding carboxylic acids is 1. The van der Waals surface area contributed by atoms with E-state index in [1.807, 2.05) is 0 Å². The van der Waals surface area contributed by atoms with Crippen LogP contribution >= 0.6 is 15.9 Å². The second-order valence-electron chi connectivity index (χ2n) is 3.10. The molecular formula is C9H13BrN4O2. The van der Waals surface area contributed by atoms with Gasteiger partial charge in [0.25, 0.3) is 0 Å². The number of carbonyl (C=O) groups is 1. The van der Waals surface area contributed by atoms with Crippen LogP contribution in [0, 0.1) is 0 Å². The highest BCUT2D eigenvalue weighted by Gasteiger charge is 2.13. The second kappa shape index (κ2) is 6.51. The van der Waals surface area contributed by atoms with Crippen molar-refractivity contribution in [1.29, 1.82) is 0 Å². The third-order valence-electron chi connectivity index (χ3n) is 1.84. The van der Waals surface area contributed by atoms with E-state index in [1.54, 1.807) is 7.11 Å². The fraction of sp³-hybridized carbons (Fsp3) is 0.444. The van der Waals surface area contributed by atoms with E-state index in [0.29, 0.717) is 23.4 Å². The van der Waals surface area contributed by atoms with E-state index in [9.17, 15) is 4.79 Å². The number of hydrogen-bond acceptors (Lipinski definition) is 5. The molecule has 1 unspecified atom stereocenters. The molecule has 0 saturated carbocycles. The first-order valence-electron chi connectivity index (χ1n) is 4.66. The van der Waals surface area contributed by atoms with Gasteiger partial charge in [-0.2, -0.15) is 0 Å². The largest absolute Gasteiger partial charge is 0.385 e. The van der Waals surface area contributed by atoms with Gasteiger partial charge >= 0.3 is 0 Å². The van der Waals surface area contributed by atoms with Gasteiger partial charge in [0.05, 0.1) is 18.4 Å². The summed E-state index contributed by atoms with van der Waals surface area (Å²) in [6.45, 7) is 0.445. The summed E-state index contributed by atoms with van der Waals surface area (Å²) in [5.74, 6) is 0.0785. The molecule has 1 heterocycles.